The molecule has 1 aliphatic rings. The van der Waals surface area contributed by atoms with Crippen molar-refractivity contribution in [3.05, 3.63) is 24.2 Å². The minimum absolute atomic E-state index is 0.0223. The number of hydrogen-bond donors (Lipinski definition) is 0. The molecule has 1 aliphatic carbocycles. The Morgan fingerprint density at radius 2 is 2.16 bits per heavy atom. The summed E-state index contributed by atoms with van der Waals surface area (Å²) in [7, 11) is 0. The van der Waals surface area contributed by atoms with Crippen LogP contribution in [0.1, 0.15) is 36.5 Å². The fourth-order valence-electron chi connectivity index (χ4n) is 1.90. The summed E-state index contributed by atoms with van der Waals surface area (Å²) < 4.78 is 9.71. The molecule has 0 aliphatic heterocycles. The molecule has 1 aromatic heterocycles. The number of ketones is 2. The van der Waals surface area contributed by atoms with E-state index in [0.717, 1.165) is 12.8 Å². The van der Waals surface area contributed by atoms with Crippen LogP contribution < -0.4 is 0 Å². The molecule has 0 radical (unpaired) electrons. The number of carbonyl (C=O) groups is 3. The van der Waals surface area contributed by atoms with Crippen LogP contribution in [0.2, 0.25) is 0 Å². The van der Waals surface area contributed by atoms with E-state index in [-0.39, 0.29) is 24.7 Å². The number of esters is 1. The van der Waals surface area contributed by atoms with E-state index in [0.29, 0.717) is 5.56 Å². The first-order valence-corrected chi connectivity index (χ1v) is 6.39. The van der Waals surface area contributed by atoms with Crippen LogP contribution in [0.5, 0.6) is 0 Å². The second-order valence-electron chi connectivity index (χ2n) is 4.63. The number of ether oxygens (including phenoxy) is 1. The quantitative estimate of drug-likeness (QED) is 0.428. The summed E-state index contributed by atoms with van der Waals surface area (Å²) in [6.07, 6.45) is 4.27. The molecule has 5 nitrogen and oxygen atoms in total. The van der Waals surface area contributed by atoms with Gasteiger partial charge in [0.1, 0.15) is 18.0 Å². The molecule has 1 heterocycles. The maximum absolute atomic E-state index is 12.2. The van der Waals surface area contributed by atoms with Gasteiger partial charge in [0.2, 0.25) is 0 Å². The van der Waals surface area contributed by atoms with Crippen molar-refractivity contribution in [1.82, 2.24) is 0 Å². The van der Waals surface area contributed by atoms with Gasteiger partial charge in [-0.25, -0.2) is 0 Å². The SMILES string of the molecule is CCOC(=O)C(CC(=O)C1CC1)C(=O)c1ccoc1. The zero-order valence-electron chi connectivity index (χ0n) is 10.8. The maximum atomic E-state index is 12.2. The van der Waals surface area contributed by atoms with Crippen molar-refractivity contribution in [2.24, 2.45) is 11.8 Å². The fraction of sp³-hybridized carbons (Fsp3) is 0.500. The number of furan rings is 1. The minimum atomic E-state index is -1.05. The molecule has 1 saturated carbocycles. The minimum Gasteiger partial charge on any atom is -0.472 e. The second kappa shape index (κ2) is 5.82. The highest BCUT2D eigenvalue weighted by molar-refractivity contribution is 6.10. The largest absolute Gasteiger partial charge is 0.472 e. The summed E-state index contributed by atoms with van der Waals surface area (Å²) in [4.78, 5) is 35.8. The lowest BCUT2D eigenvalue weighted by molar-refractivity contribution is -0.147. The lowest BCUT2D eigenvalue weighted by atomic mass is 9.93. The van der Waals surface area contributed by atoms with Crippen LogP contribution in [-0.4, -0.2) is 24.1 Å². The lowest BCUT2D eigenvalue weighted by Crippen LogP contribution is -2.29. The van der Waals surface area contributed by atoms with E-state index in [1.54, 1.807) is 6.92 Å². The van der Waals surface area contributed by atoms with Gasteiger partial charge in [0.05, 0.1) is 18.4 Å². The van der Waals surface area contributed by atoms with Gasteiger partial charge in [-0.05, 0) is 25.8 Å². The molecule has 0 bridgehead atoms. The van der Waals surface area contributed by atoms with Crippen molar-refractivity contribution >= 4 is 17.5 Å². The Morgan fingerprint density at radius 1 is 1.42 bits per heavy atom. The number of rotatable bonds is 7. The van der Waals surface area contributed by atoms with Crippen LogP contribution in [0.4, 0.5) is 0 Å². The molecule has 1 unspecified atom stereocenters. The molecule has 0 saturated heterocycles. The lowest BCUT2D eigenvalue weighted by Gasteiger charge is -2.12. The van der Waals surface area contributed by atoms with Gasteiger partial charge in [0.25, 0.3) is 0 Å². The van der Waals surface area contributed by atoms with Crippen molar-refractivity contribution in [2.45, 2.75) is 26.2 Å². The van der Waals surface area contributed by atoms with Crippen molar-refractivity contribution in [1.29, 1.82) is 0 Å². The first kappa shape index (κ1) is 13.5. The van der Waals surface area contributed by atoms with Gasteiger partial charge >= 0.3 is 5.97 Å². The predicted octanol–water partition coefficient (Wildman–Crippen LogP) is 2.01. The summed E-state index contributed by atoms with van der Waals surface area (Å²) in [6.45, 7) is 1.85. The van der Waals surface area contributed by atoms with Crippen molar-refractivity contribution in [3.8, 4) is 0 Å². The molecule has 2 rings (SSSR count). The number of hydrogen-bond acceptors (Lipinski definition) is 5. The Balaban J connectivity index is 2.10. The molecule has 0 N–H and O–H groups in total. The Bertz CT molecular complexity index is 470. The normalized spacial score (nSPS) is 15.8. The summed E-state index contributed by atoms with van der Waals surface area (Å²) >= 11 is 0. The van der Waals surface area contributed by atoms with E-state index >= 15 is 0 Å². The summed E-state index contributed by atoms with van der Waals surface area (Å²) in [5.74, 6) is -2.11. The maximum Gasteiger partial charge on any atom is 0.317 e. The van der Waals surface area contributed by atoms with Crippen LogP contribution in [0.25, 0.3) is 0 Å². The molecule has 5 heteroatoms. The Labute approximate surface area is 110 Å². The number of carbonyl (C=O) groups excluding carboxylic acids is 3. The highest BCUT2D eigenvalue weighted by atomic mass is 16.5. The summed E-state index contributed by atoms with van der Waals surface area (Å²) in [5, 5.41) is 0. The highest BCUT2D eigenvalue weighted by Gasteiger charge is 2.37. The summed E-state index contributed by atoms with van der Waals surface area (Å²) in [6, 6.07) is 1.48. The second-order valence-corrected chi connectivity index (χ2v) is 4.63. The van der Waals surface area contributed by atoms with E-state index in [4.69, 9.17) is 9.15 Å². The van der Waals surface area contributed by atoms with E-state index in [9.17, 15) is 14.4 Å². The third-order valence-corrected chi connectivity index (χ3v) is 3.13. The van der Waals surface area contributed by atoms with Crippen molar-refractivity contribution in [3.63, 3.8) is 0 Å². The van der Waals surface area contributed by atoms with Gasteiger partial charge in [-0.1, -0.05) is 0 Å². The van der Waals surface area contributed by atoms with Crippen LogP contribution in [0.15, 0.2) is 23.0 Å². The van der Waals surface area contributed by atoms with Crippen molar-refractivity contribution < 1.29 is 23.5 Å². The zero-order chi connectivity index (χ0) is 13.8. The fourth-order valence-corrected chi connectivity index (χ4v) is 1.90. The van der Waals surface area contributed by atoms with Crippen LogP contribution in [-0.2, 0) is 14.3 Å². The Kier molecular flexibility index (Phi) is 4.14. The zero-order valence-corrected chi connectivity index (χ0v) is 10.8. The smallest absolute Gasteiger partial charge is 0.317 e. The van der Waals surface area contributed by atoms with Crippen LogP contribution >= 0.6 is 0 Å². The van der Waals surface area contributed by atoms with Gasteiger partial charge in [0.15, 0.2) is 5.78 Å². The van der Waals surface area contributed by atoms with E-state index in [1.165, 1.54) is 18.6 Å². The van der Waals surface area contributed by atoms with Gasteiger partial charge in [0, 0.05) is 12.3 Å². The van der Waals surface area contributed by atoms with Gasteiger partial charge in [-0.15, -0.1) is 0 Å². The molecule has 1 atom stereocenters. The molecule has 1 aromatic rings. The summed E-state index contributed by atoms with van der Waals surface area (Å²) in [5.41, 5.74) is 0.293. The number of Topliss-reactive ketones (excluding diaryl/α,β-unsaturated/α-hetero) is 2. The molecule has 19 heavy (non-hydrogen) atoms. The van der Waals surface area contributed by atoms with E-state index < -0.39 is 17.7 Å². The van der Waals surface area contributed by atoms with Crippen molar-refractivity contribution in [2.75, 3.05) is 6.61 Å². The molecule has 0 amide bonds. The van der Waals surface area contributed by atoms with Gasteiger partial charge in [-0.2, -0.15) is 0 Å². The first-order chi connectivity index (χ1) is 9.13. The predicted molar refractivity (Wildman–Crippen MR) is 65.5 cm³/mol. The average molecular weight is 264 g/mol. The van der Waals surface area contributed by atoms with Crippen LogP contribution in [0.3, 0.4) is 0 Å². The monoisotopic (exact) mass is 264 g/mol. The topological polar surface area (TPSA) is 73.6 Å². The average Bonchev–Trinajstić information content (AvgIpc) is 3.10. The third kappa shape index (κ3) is 3.30. The Hall–Kier alpha value is -1.91. The van der Waals surface area contributed by atoms with E-state index in [2.05, 4.69) is 0 Å². The molecule has 102 valence electrons. The highest BCUT2D eigenvalue weighted by Crippen LogP contribution is 2.32. The van der Waals surface area contributed by atoms with E-state index in [1.807, 2.05) is 0 Å². The van der Waals surface area contributed by atoms with Gasteiger partial charge < -0.3 is 9.15 Å². The molecular formula is C14H16O5. The van der Waals surface area contributed by atoms with Gasteiger partial charge in [-0.3, -0.25) is 14.4 Å². The molecule has 0 aromatic carbocycles. The molecule has 0 spiro atoms. The molecular weight excluding hydrogens is 248 g/mol. The Morgan fingerprint density at radius 3 is 2.68 bits per heavy atom. The standard InChI is InChI=1S/C14H16O5/c1-2-19-14(17)11(7-12(15)9-3-4-9)13(16)10-5-6-18-8-10/h5-6,8-9,11H,2-4,7H2,1H3. The van der Waals surface area contributed by atoms with Crippen LogP contribution in [0, 0.1) is 11.8 Å². The molecule has 1 fully saturated rings. The first-order valence-electron chi connectivity index (χ1n) is 6.39. The third-order valence-electron chi connectivity index (χ3n) is 3.13.